The third-order valence-corrected chi connectivity index (χ3v) is 4.60. The van der Waals surface area contributed by atoms with E-state index in [1.54, 1.807) is 22.3 Å². The summed E-state index contributed by atoms with van der Waals surface area (Å²) in [6.07, 6.45) is 6.29. The third kappa shape index (κ3) is 3.04. The molecular weight excluding hydrogens is 258 g/mol. The van der Waals surface area contributed by atoms with Gasteiger partial charge in [0.15, 0.2) is 5.13 Å². The zero-order chi connectivity index (χ0) is 13.8. The number of thiazole rings is 1. The van der Waals surface area contributed by atoms with Crippen LogP contribution in [0, 0.1) is 5.92 Å². The van der Waals surface area contributed by atoms with E-state index in [-0.39, 0.29) is 11.8 Å². The highest BCUT2D eigenvalue weighted by molar-refractivity contribution is 7.16. The number of hydrogen-bond acceptors (Lipinski definition) is 4. The van der Waals surface area contributed by atoms with Crippen molar-refractivity contribution >= 4 is 22.4 Å². The molecule has 1 heterocycles. The molecule has 0 fully saturated rings. The fourth-order valence-corrected chi connectivity index (χ4v) is 3.37. The Labute approximate surface area is 118 Å². The molecule has 2 rings (SSSR count). The van der Waals surface area contributed by atoms with Crippen molar-refractivity contribution in [1.82, 2.24) is 4.98 Å². The maximum atomic E-state index is 12.3. The fraction of sp³-hybridized carbons (Fsp3) is 0.571. The van der Waals surface area contributed by atoms with Gasteiger partial charge in [-0.1, -0.05) is 13.0 Å². The summed E-state index contributed by atoms with van der Waals surface area (Å²) in [6.45, 7) is 6.43. The van der Waals surface area contributed by atoms with E-state index < -0.39 is 0 Å². The third-order valence-electron chi connectivity index (χ3n) is 3.42. The predicted molar refractivity (Wildman–Crippen MR) is 79.5 cm³/mol. The number of anilines is 1. The molecule has 1 unspecified atom stereocenters. The average molecular weight is 279 g/mol. The van der Waals surface area contributed by atoms with E-state index in [1.165, 1.54) is 23.4 Å². The molecule has 1 aliphatic rings. The van der Waals surface area contributed by atoms with Gasteiger partial charge in [0, 0.05) is 23.9 Å². The molecule has 1 aromatic heterocycles. The standard InChI is InChI=1S/C14H21N3OS/c1-3-8-17(13(18)10(2)9-15)14-16-11-6-4-5-7-12(11)19-14/h3,10H,1,4-9,15H2,2H3. The lowest BCUT2D eigenvalue weighted by Crippen LogP contribution is -2.38. The number of nitrogens with two attached hydrogens (primary N) is 1. The number of hydrogen-bond donors (Lipinski definition) is 1. The number of amides is 1. The van der Waals surface area contributed by atoms with Gasteiger partial charge in [0.05, 0.1) is 5.69 Å². The van der Waals surface area contributed by atoms with Gasteiger partial charge in [-0.2, -0.15) is 0 Å². The molecule has 0 bridgehead atoms. The van der Waals surface area contributed by atoms with Crippen LogP contribution >= 0.6 is 11.3 Å². The van der Waals surface area contributed by atoms with Gasteiger partial charge in [-0.15, -0.1) is 17.9 Å². The Kier molecular flexibility index (Phi) is 4.71. The molecule has 0 saturated heterocycles. The number of aryl methyl sites for hydroxylation is 2. The van der Waals surface area contributed by atoms with Crippen LogP contribution in [0.25, 0.3) is 0 Å². The molecule has 0 aliphatic heterocycles. The summed E-state index contributed by atoms with van der Waals surface area (Å²) >= 11 is 1.64. The Balaban J connectivity index is 2.25. The Morgan fingerprint density at radius 2 is 2.32 bits per heavy atom. The molecule has 0 spiro atoms. The minimum absolute atomic E-state index is 0.0356. The number of aromatic nitrogens is 1. The minimum Gasteiger partial charge on any atom is -0.330 e. The lowest BCUT2D eigenvalue weighted by Gasteiger charge is -2.21. The maximum Gasteiger partial charge on any atom is 0.233 e. The highest BCUT2D eigenvalue weighted by Crippen LogP contribution is 2.32. The van der Waals surface area contributed by atoms with E-state index in [4.69, 9.17) is 5.73 Å². The SMILES string of the molecule is C=CCN(C(=O)C(C)CN)c1nc2c(s1)CCCC2. The van der Waals surface area contributed by atoms with Crippen LogP contribution < -0.4 is 10.6 Å². The average Bonchev–Trinajstić information content (AvgIpc) is 2.86. The topological polar surface area (TPSA) is 59.2 Å². The summed E-state index contributed by atoms with van der Waals surface area (Å²) in [4.78, 5) is 20.0. The molecule has 4 nitrogen and oxygen atoms in total. The van der Waals surface area contributed by atoms with Crippen molar-refractivity contribution in [2.45, 2.75) is 32.6 Å². The van der Waals surface area contributed by atoms with Gasteiger partial charge < -0.3 is 5.73 Å². The van der Waals surface area contributed by atoms with Crippen LogP contribution in [0.3, 0.4) is 0 Å². The lowest BCUT2D eigenvalue weighted by molar-refractivity contribution is -0.121. The molecule has 1 amide bonds. The van der Waals surface area contributed by atoms with Crippen LogP contribution in [-0.4, -0.2) is 24.0 Å². The van der Waals surface area contributed by atoms with Gasteiger partial charge >= 0.3 is 0 Å². The summed E-state index contributed by atoms with van der Waals surface area (Å²) in [7, 11) is 0. The molecule has 5 heteroatoms. The summed E-state index contributed by atoms with van der Waals surface area (Å²) in [5, 5.41) is 0.803. The highest BCUT2D eigenvalue weighted by atomic mass is 32.1. The minimum atomic E-state index is -0.180. The van der Waals surface area contributed by atoms with Crippen LogP contribution in [0.2, 0.25) is 0 Å². The highest BCUT2D eigenvalue weighted by Gasteiger charge is 2.25. The normalized spacial score (nSPS) is 15.7. The van der Waals surface area contributed by atoms with Gasteiger partial charge in [-0.3, -0.25) is 9.69 Å². The Morgan fingerprint density at radius 3 is 2.95 bits per heavy atom. The van der Waals surface area contributed by atoms with Crippen molar-refractivity contribution in [2.75, 3.05) is 18.0 Å². The van der Waals surface area contributed by atoms with Gasteiger partial charge in [-0.05, 0) is 25.7 Å². The second-order valence-corrected chi connectivity index (χ2v) is 6.01. The molecule has 19 heavy (non-hydrogen) atoms. The second kappa shape index (κ2) is 6.30. The molecule has 2 N–H and O–H groups in total. The lowest BCUT2D eigenvalue weighted by atomic mass is 10.0. The Morgan fingerprint density at radius 1 is 1.58 bits per heavy atom. The van der Waals surface area contributed by atoms with Crippen molar-refractivity contribution in [2.24, 2.45) is 11.7 Å². The van der Waals surface area contributed by atoms with Crippen LogP contribution in [0.4, 0.5) is 5.13 Å². The van der Waals surface area contributed by atoms with Gasteiger partial charge in [-0.25, -0.2) is 4.98 Å². The molecule has 1 atom stereocenters. The molecule has 0 radical (unpaired) electrons. The first-order chi connectivity index (χ1) is 9.17. The smallest absolute Gasteiger partial charge is 0.233 e. The number of carbonyl (C=O) groups is 1. The molecule has 1 aromatic rings. The zero-order valence-electron chi connectivity index (χ0n) is 11.4. The zero-order valence-corrected chi connectivity index (χ0v) is 12.2. The molecular formula is C14H21N3OS. The number of rotatable bonds is 5. The van der Waals surface area contributed by atoms with E-state index in [2.05, 4.69) is 11.6 Å². The number of nitrogens with zero attached hydrogens (tertiary/aromatic N) is 2. The number of fused-ring (bicyclic) bond motifs is 1. The monoisotopic (exact) mass is 279 g/mol. The summed E-state index contributed by atoms with van der Waals surface area (Å²) in [5.41, 5.74) is 6.77. The van der Waals surface area contributed by atoms with Crippen LogP contribution in [0.5, 0.6) is 0 Å². The van der Waals surface area contributed by atoms with Crippen LogP contribution in [0.1, 0.15) is 30.3 Å². The molecule has 1 aliphatic carbocycles. The van der Waals surface area contributed by atoms with Crippen molar-refractivity contribution < 1.29 is 4.79 Å². The van der Waals surface area contributed by atoms with E-state index >= 15 is 0 Å². The van der Waals surface area contributed by atoms with E-state index in [0.717, 1.165) is 18.0 Å². The predicted octanol–water partition coefficient (Wildman–Crippen LogP) is 2.14. The first-order valence-corrected chi connectivity index (χ1v) is 7.60. The first kappa shape index (κ1) is 14.2. The van der Waals surface area contributed by atoms with E-state index in [9.17, 15) is 4.79 Å². The van der Waals surface area contributed by atoms with E-state index in [0.29, 0.717) is 13.1 Å². The van der Waals surface area contributed by atoms with Crippen molar-refractivity contribution in [3.05, 3.63) is 23.2 Å². The first-order valence-electron chi connectivity index (χ1n) is 6.78. The largest absolute Gasteiger partial charge is 0.330 e. The van der Waals surface area contributed by atoms with Crippen molar-refractivity contribution in [1.29, 1.82) is 0 Å². The van der Waals surface area contributed by atoms with Crippen LogP contribution in [-0.2, 0) is 17.6 Å². The quantitative estimate of drug-likeness (QED) is 0.840. The Hall–Kier alpha value is -1.20. The van der Waals surface area contributed by atoms with Crippen LogP contribution in [0.15, 0.2) is 12.7 Å². The second-order valence-electron chi connectivity index (χ2n) is 4.95. The molecule has 0 aromatic carbocycles. The molecule has 0 saturated carbocycles. The van der Waals surface area contributed by atoms with Gasteiger partial charge in [0.2, 0.25) is 5.91 Å². The van der Waals surface area contributed by atoms with Crippen molar-refractivity contribution in [3.63, 3.8) is 0 Å². The summed E-state index contributed by atoms with van der Waals surface area (Å²) in [5.74, 6) is -0.144. The van der Waals surface area contributed by atoms with Crippen molar-refractivity contribution in [3.8, 4) is 0 Å². The van der Waals surface area contributed by atoms with E-state index in [1.807, 2.05) is 6.92 Å². The van der Waals surface area contributed by atoms with Gasteiger partial charge in [0.1, 0.15) is 0 Å². The fourth-order valence-electron chi connectivity index (χ4n) is 2.21. The van der Waals surface area contributed by atoms with Gasteiger partial charge in [0.25, 0.3) is 0 Å². The maximum absolute atomic E-state index is 12.3. The Bertz CT molecular complexity index is 446. The number of carbonyl (C=O) groups excluding carboxylic acids is 1. The molecule has 104 valence electrons. The summed E-state index contributed by atoms with van der Waals surface area (Å²) < 4.78 is 0. The summed E-state index contributed by atoms with van der Waals surface area (Å²) in [6, 6.07) is 0.